The van der Waals surface area contributed by atoms with E-state index >= 15 is 0 Å². The SMILES string of the molecule is Cc1nn(-c2ccccc2)c2sc(C(=O)N(CC(C)C)c3c(N)n(CC(C)C)c(=O)[nH]c3=O)cc12. The number of anilines is 2. The minimum Gasteiger partial charge on any atom is -0.383 e. The smallest absolute Gasteiger partial charge is 0.330 e. The molecule has 0 fully saturated rings. The first-order chi connectivity index (χ1) is 16.6. The van der Waals surface area contributed by atoms with Gasteiger partial charge in [0.05, 0.1) is 16.3 Å². The summed E-state index contributed by atoms with van der Waals surface area (Å²) in [4.78, 5) is 44.2. The molecule has 4 aromatic rings. The van der Waals surface area contributed by atoms with Gasteiger partial charge in [0, 0.05) is 18.5 Å². The Morgan fingerprint density at radius 1 is 1.14 bits per heavy atom. The molecule has 184 valence electrons. The van der Waals surface area contributed by atoms with Crippen molar-refractivity contribution in [3.8, 4) is 5.69 Å². The fourth-order valence-electron chi connectivity index (χ4n) is 4.06. The van der Waals surface area contributed by atoms with Gasteiger partial charge in [0.1, 0.15) is 10.6 Å². The predicted octanol–water partition coefficient (Wildman–Crippen LogP) is 3.79. The average molecular weight is 495 g/mol. The second-order valence-corrected chi connectivity index (χ2v) is 10.5. The van der Waals surface area contributed by atoms with Crippen molar-refractivity contribution in [1.82, 2.24) is 19.3 Å². The Balaban J connectivity index is 1.85. The van der Waals surface area contributed by atoms with Crippen LogP contribution in [-0.4, -0.2) is 31.8 Å². The molecule has 10 heteroatoms. The molecule has 4 rings (SSSR count). The number of carbonyl (C=O) groups is 1. The molecule has 0 spiro atoms. The van der Waals surface area contributed by atoms with Crippen LogP contribution in [0.2, 0.25) is 0 Å². The minimum atomic E-state index is -0.672. The van der Waals surface area contributed by atoms with Gasteiger partial charge in [-0.25, -0.2) is 9.48 Å². The Kier molecular flexibility index (Phi) is 6.66. The van der Waals surface area contributed by atoms with E-state index in [-0.39, 0.29) is 35.8 Å². The highest BCUT2D eigenvalue weighted by molar-refractivity contribution is 7.20. The summed E-state index contributed by atoms with van der Waals surface area (Å²) in [6.07, 6.45) is 0. The van der Waals surface area contributed by atoms with Crippen LogP contribution in [0, 0.1) is 18.8 Å². The Morgan fingerprint density at radius 2 is 1.83 bits per heavy atom. The van der Waals surface area contributed by atoms with Gasteiger partial charge >= 0.3 is 5.69 Å². The number of nitrogens with one attached hydrogen (secondary N) is 1. The Hall–Kier alpha value is -3.66. The maximum Gasteiger partial charge on any atom is 0.330 e. The average Bonchev–Trinajstić information content (AvgIpc) is 3.36. The highest BCUT2D eigenvalue weighted by Gasteiger charge is 2.28. The fraction of sp³-hybridized carbons (Fsp3) is 0.360. The van der Waals surface area contributed by atoms with Crippen LogP contribution in [0.5, 0.6) is 0 Å². The van der Waals surface area contributed by atoms with E-state index < -0.39 is 11.2 Å². The lowest BCUT2D eigenvalue weighted by Gasteiger charge is -2.26. The third kappa shape index (κ3) is 4.66. The number of rotatable bonds is 7. The van der Waals surface area contributed by atoms with Crippen LogP contribution in [-0.2, 0) is 6.54 Å². The quantitative estimate of drug-likeness (QED) is 0.405. The number of benzene rings is 1. The molecule has 1 aromatic carbocycles. The second-order valence-electron chi connectivity index (χ2n) is 9.47. The largest absolute Gasteiger partial charge is 0.383 e. The van der Waals surface area contributed by atoms with E-state index in [1.165, 1.54) is 20.8 Å². The maximum absolute atomic E-state index is 13.8. The molecule has 0 saturated heterocycles. The molecule has 3 aromatic heterocycles. The number of amides is 1. The normalized spacial score (nSPS) is 11.6. The number of aromatic amines is 1. The van der Waals surface area contributed by atoms with E-state index in [1.807, 2.05) is 75.7 Å². The van der Waals surface area contributed by atoms with Gasteiger partial charge in [-0.2, -0.15) is 5.10 Å². The predicted molar refractivity (Wildman–Crippen MR) is 141 cm³/mol. The fourth-order valence-corrected chi connectivity index (χ4v) is 5.19. The molecule has 35 heavy (non-hydrogen) atoms. The van der Waals surface area contributed by atoms with Crippen molar-refractivity contribution < 1.29 is 4.79 Å². The summed E-state index contributed by atoms with van der Waals surface area (Å²) in [6, 6.07) is 11.5. The van der Waals surface area contributed by atoms with E-state index in [4.69, 9.17) is 5.73 Å². The number of para-hydroxylation sites is 1. The number of carbonyl (C=O) groups excluding carboxylic acids is 1. The van der Waals surface area contributed by atoms with Crippen molar-refractivity contribution in [2.75, 3.05) is 17.2 Å². The van der Waals surface area contributed by atoms with E-state index in [1.54, 1.807) is 0 Å². The molecule has 0 bridgehead atoms. The molecule has 3 N–H and O–H groups in total. The first-order valence-corrected chi connectivity index (χ1v) is 12.4. The van der Waals surface area contributed by atoms with Gasteiger partial charge in [0.15, 0.2) is 5.69 Å². The first kappa shape index (κ1) is 24.5. The van der Waals surface area contributed by atoms with E-state index in [9.17, 15) is 14.4 Å². The van der Waals surface area contributed by atoms with Crippen LogP contribution in [0.1, 0.15) is 43.1 Å². The van der Waals surface area contributed by atoms with Gasteiger partial charge in [0.25, 0.3) is 11.5 Å². The first-order valence-electron chi connectivity index (χ1n) is 11.6. The number of nitrogen functional groups attached to an aromatic ring is 1. The molecule has 0 aliphatic heterocycles. The number of fused-ring (bicyclic) bond motifs is 1. The third-order valence-corrected chi connectivity index (χ3v) is 6.68. The lowest BCUT2D eigenvalue weighted by molar-refractivity contribution is 0.0987. The molecule has 0 aliphatic rings. The van der Waals surface area contributed by atoms with Gasteiger partial charge < -0.3 is 5.73 Å². The number of H-pyrrole nitrogens is 1. The molecular weight excluding hydrogens is 464 g/mol. The summed E-state index contributed by atoms with van der Waals surface area (Å²) < 4.78 is 3.15. The summed E-state index contributed by atoms with van der Waals surface area (Å²) in [5.74, 6) is -0.172. The number of nitrogens with zero attached hydrogens (tertiary/aromatic N) is 4. The second kappa shape index (κ2) is 9.53. The molecule has 0 saturated carbocycles. The van der Waals surface area contributed by atoms with Crippen LogP contribution >= 0.6 is 11.3 Å². The number of thiophene rings is 1. The zero-order chi connectivity index (χ0) is 25.4. The van der Waals surface area contributed by atoms with E-state index in [0.717, 1.165) is 21.6 Å². The molecule has 0 radical (unpaired) electrons. The number of hydrogen-bond acceptors (Lipinski definition) is 6. The van der Waals surface area contributed by atoms with Gasteiger partial charge in [-0.15, -0.1) is 11.3 Å². The van der Waals surface area contributed by atoms with E-state index in [2.05, 4.69) is 10.1 Å². The monoisotopic (exact) mass is 494 g/mol. The summed E-state index contributed by atoms with van der Waals surface area (Å²) in [7, 11) is 0. The third-order valence-electron chi connectivity index (χ3n) is 5.58. The Morgan fingerprint density at radius 3 is 2.46 bits per heavy atom. The standard InChI is InChI=1S/C25H30N6O3S/c1-14(2)12-29(20-21(26)30(13-15(3)4)25(34)27-22(20)32)23(33)19-11-18-16(5)28-31(24(18)35-19)17-9-7-6-8-10-17/h6-11,14-15H,12-13,26H2,1-5H3,(H,27,32,34). The van der Waals surface area contributed by atoms with Crippen molar-refractivity contribution in [2.24, 2.45) is 11.8 Å². The van der Waals surface area contributed by atoms with Gasteiger partial charge in [0.2, 0.25) is 0 Å². The number of nitrogens with two attached hydrogens (primary N) is 1. The Bertz CT molecular complexity index is 1490. The van der Waals surface area contributed by atoms with Crippen LogP contribution < -0.4 is 21.9 Å². The molecular formula is C25H30N6O3S. The lowest BCUT2D eigenvalue weighted by Crippen LogP contribution is -2.42. The zero-order valence-electron chi connectivity index (χ0n) is 20.5. The lowest BCUT2D eigenvalue weighted by atomic mass is 10.1. The molecule has 0 aliphatic carbocycles. The van der Waals surface area contributed by atoms with Crippen molar-refractivity contribution in [1.29, 1.82) is 0 Å². The van der Waals surface area contributed by atoms with Gasteiger partial charge in [-0.05, 0) is 37.0 Å². The summed E-state index contributed by atoms with van der Waals surface area (Å²) >= 11 is 1.32. The van der Waals surface area contributed by atoms with Crippen LogP contribution in [0.4, 0.5) is 11.5 Å². The van der Waals surface area contributed by atoms with Crippen molar-refractivity contribution in [2.45, 2.75) is 41.2 Å². The number of hydrogen-bond donors (Lipinski definition) is 2. The summed E-state index contributed by atoms with van der Waals surface area (Å²) in [5.41, 5.74) is 6.79. The minimum absolute atomic E-state index is 0.00261. The van der Waals surface area contributed by atoms with Gasteiger partial charge in [-0.1, -0.05) is 45.9 Å². The molecule has 0 atom stereocenters. The van der Waals surface area contributed by atoms with Crippen LogP contribution in [0.15, 0.2) is 46.0 Å². The molecule has 3 heterocycles. The summed E-state index contributed by atoms with van der Waals surface area (Å²) in [5, 5.41) is 5.51. The van der Waals surface area contributed by atoms with Crippen molar-refractivity contribution >= 4 is 39.0 Å². The zero-order valence-corrected chi connectivity index (χ0v) is 21.3. The number of aromatic nitrogens is 4. The Labute approximate surface area is 206 Å². The highest BCUT2D eigenvalue weighted by Crippen LogP contribution is 2.32. The van der Waals surface area contributed by atoms with Gasteiger partial charge in [-0.3, -0.25) is 24.0 Å². The van der Waals surface area contributed by atoms with Crippen molar-refractivity contribution in [3.05, 3.63) is 67.8 Å². The number of aryl methyl sites for hydroxylation is 1. The maximum atomic E-state index is 13.8. The molecule has 1 amide bonds. The highest BCUT2D eigenvalue weighted by atomic mass is 32.1. The van der Waals surface area contributed by atoms with Crippen LogP contribution in [0.25, 0.3) is 15.9 Å². The molecule has 9 nitrogen and oxygen atoms in total. The van der Waals surface area contributed by atoms with E-state index in [0.29, 0.717) is 11.4 Å². The topological polar surface area (TPSA) is 119 Å². The summed E-state index contributed by atoms with van der Waals surface area (Å²) in [6.45, 7) is 10.3. The molecule has 0 unspecified atom stereocenters. The van der Waals surface area contributed by atoms with Crippen molar-refractivity contribution in [3.63, 3.8) is 0 Å². The van der Waals surface area contributed by atoms with Crippen LogP contribution in [0.3, 0.4) is 0 Å².